The van der Waals surface area contributed by atoms with Crippen molar-refractivity contribution >= 4 is 11.6 Å². The first-order valence-corrected chi connectivity index (χ1v) is 6.67. The Bertz CT molecular complexity index is 644. The molecule has 0 aliphatic carbocycles. The Hall–Kier alpha value is -2.83. The second kappa shape index (κ2) is 7.26. The number of nitrogens with one attached hydrogen (secondary N) is 1. The normalized spacial score (nSPS) is 9.95. The summed E-state index contributed by atoms with van der Waals surface area (Å²) in [7, 11) is 3.08. The van der Waals surface area contributed by atoms with Gasteiger partial charge in [-0.1, -0.05) is 0 Å². The van der Waals surface area contributed by atoms with Crippen LogP contribution in [0.1, 0.15) is 17.4 Å². The number of rotatable bonds is 6. The Morgan fingerprint density at radius 3 is 2.45 bits per heavy atom. The van der Waals surface area contributed by atoms with Gasteiger partial charge < -0.3 is 19.5 Å². The lowest BCUT2D eigenvalue weighted by Crippen LogP contribution is -2.14. The largest absolute Gasteiger partial charge is 0.493 e. The molecule has 7 heteroatoms. The number of hydrogen-bond donors (Lipinski definition) is 1. The molecular formula is C15H17N3O4. The first-order chi connectivity index (χ1) is 10.7. The van der Waals surface area contributed by atoms with Crippen LogP contribution in [0, 0.1) is 0 Å². The highest BCUT2D eigenvalue weighted by Crippen LogP contribution is 2.29. The van der Waals surface area contributed by atoms with Crippen molar-refractivity contribution in [2.75, 3.05) is 26.1 Å². The molecule has 1 aromatic heterocycles. The van der Waals surface area contributed by atoms with E-state index < -0.39 is 0 Å². The SMILES string of the molecule is CCOc1ccc(C(=O)Nc2ccc(OC)c(OC)c2)nn1. The predicted octanol–water partition coefficient (Wildman–Crippen LogP) is 2.14. The average Bonchev–Trinajstić information content (AvgIpc) is 2.55. The fourth-order valence-corrected chi connectivity index (χ4v) is 1.78. The quantitative estimate of drug-likeness (QED) is 0.880. The van der Waals surface area contributed by atoms with Gasteiger partial charge in [0.2, 0.25) is 5.88 Å². The Balaban J connectivity index is 2.11. The van der Waals surface area contributed by atoms with Gasteiger partial charge in [-0.25, -0.2) is 0 Å². The maximum Gasteiger partial charge on any atom is 0.276 e. The van der Waals surface area contributed by atoms with E-state index in [1.165, 1.54) is 7.11 Å². The minimum Gasteiger partial charge on any atom is -0.493 e. The van der Waals surface area contributed by atoms with Crippen molar-refractivity contribution in [1.29, 1.82) is 0 Å². The number of carbonyl (C=O) groups is 1. The van der Waals surface area contributed by atoms with Gasteiger partial charge >= 0.3 is 0 Å². The smallest absolute Gasteiger partial charge is 0.276 e. The molecule has 0 atom stereocenters. The van der Waals surface area contributed by atoms with Crippen LogP contribution in [0.4, 0.5) is 5.69 Å². The van der Waals surface area contributed by atoms with Gasteiger partial charge in [0.05, 0.1) is 20.8 Å². The Labute approximate surface area is 128 Å². The molecule has 2 rings (SSSR count). The summed E-state index contributed by atoms with van der Waals surface area (Å²) >= 11 is 0. The fourth-order valence-electron chi connectivity index (χ4n) is 1.78. The minimum absolute atomic E-state index is 0.193. The first kappa shape index (κ1) is 15.6. The highest BCUT2D eigenvalue weighted by Gasteiger charge is 2.11. The molecule has 22 heavy (non-hydrogen) atoms. The van der Waals surface area contributed by atoms with Gasteiger partial charge in [-0.05, 0) is 25.1 Å². The van der Waals surface area contributed by atoms with Crippen LogP contribution in [0.3, 0.4) is 0 Å². The van der Waals surface area contributed by atoms with Gasteiger partial charge in [0.25, 0.3) is 5.91 Å². The number of anilines is 1. The zero-order valence-corrected chi connectivity index (χ0v) is 12.6. The summed E-state index contributed by atoms with van der Waals surface area (Å²) < 4.78 is 15.5. The van der Waals surface area contributed by atoms with Crippen LogP contribution in [0.15, 0.2) is 30.3 Å². The summed E-state index contributed by atoms with van der Waals surface area (Å²) in [5.74, 6) is 1.12. The number of aromatic nitrogens is 2. The summed E-state index contributed by atoms with van der Waals surface area (Å²) in [6.45, 7) is 2.34. The van der Waals surface area contributed by atoms with Crippen LogP contribution in [-0.2, 0) is 0 Å². The Morgan fingerprint density at radius 2 is 1.86 bits per heavy atom. The van der Waals surface area contributed by atoms with E-state index in [0.717, 1.165) is 0 Å². The van der Waals surface area contributed by atoms with Crippen molar-refractivity contribution < 1.29 is 19.0 Å². The van der Waals surface area contributed by atoms with Gasteiger partial charge in [0.1, 0.15) is 0 Å². The molecule has 0 fully saturated rings. The molecule has 0 radical (unpaired) electrons. The first-order valence-electron chi connectivity index (χ1n) is 6.67. The number of amides is 1. The molecule has 2 aromatic rings. The average molecular weight is 303 g/mol. The summed E-state index contributed by atoms with van der Waals surface area (Å²) in [4.78, 5) is 12.1. The van der Waals surface area contributed by atoms with E-state index in [4.69, 9.17) is 14.2 Å². The third kappa shape index (κ3) is 3.63. The number of ether oxygens (including phenoxy) is 3. The molecule has 1 amide bonds. The summed E-state index contributed by atoms with van der Waals surface area (Å²) in [6, 6.07) is 8.23. The van der Waals surface area contributed by atoms with E-state index >= 15 is 0 Å². The highest BCUT2D eigenvalue weighted by molar-refractivity contribution is 6.02. The van der Waals surface area contributed by atoms with Gasteiger partial charge in [-0.2, -0.15) is 0 Å². The Morgan fingerprint density at radius 1 is 1.09 bits per heavy atom. The lowest BCUT2D eigenvalue weighted by Gasteiger charge is -2.10. The molecule has 1 N–H and O–H groups in total. The number of hydrogen-bond acceptors (Lipinski definition) is 6. The topological polar surface area (TPSA) is 82.6 Å². The van der Waals surface area contributed by atoms with Crippen LogP contribution in [0.5, 0.6) is 17.4 Å². The van der Waals surface area contributed by atoms with Gasteiger partial charge in [-0.3, -0.25) is 4.79 Å². The van der Waals surface area contributed by atoms with E-state index in [9.17, 15) is 4.79 Å². The molecule has 0 bridgehead atoms. The summed E-state index contributed by atoms with van der Waals surface area (Å²) in [5.41, 5.74) is 0.761. The van der Waals surface area contributed by atoms with Gasteiger partial charge in [0.15, 0.2) is 17.2 Å². The van der Waals surface area contributed by atoms with Crippen LogP contribution in [-0.4, -0.2) is 36.9 Å². The predicted molar refractivity (Wildman–Crippen MR) is 80.7 cm³/mol. The van der Waals surface area contributed by atoms with Crippen molar-refractivity contribution in [3.8, 4) is 17.4 Å². The molecule has 1 heterocycles. The Kier molecular flexibility index (Phi) is 5.13. The highest BCUT2D eigenvalue weighted by atomic mass is 16.5. The number of methoxy groups -OCH3 is 2. The number of benzene rings is 1. The zero-order valence-electron chi connectivity index (χ0n) is 12.6. The molecule has 0 saturated heterocycles. The molecule has 0 aliphatic heterocycles. The molecule has 0 spiro atoms. The molecule has 0 saturated carbocycles. The van der Waals surface area contributed by atoms with Crippen molar-refractivity contribution in [3.05, 3.63) is 36.0 Å². The zero-order chi connectivity index (χ0) is 15.9. The lowest BCUT2D eigenvalue weighted by molar-refractivity contribution is 0.102. The minimum atomic E-state index is -0.372. The van der Waals surface area contributed by atoms with Crippen molar-refractivity contribution in [2.24, 2.45) is 0 Å². The monoisotopic (exact) mass is 303 g/mol. The molecule has 1 aromatic carbocycles. The summed E-state index contributed by atoms with van der Waals surface area (Å²) in [5, 5.41) is 10.4. The van der Waals surface area contributed by atoms with E-state index in [2.05, 4.69) is 15.5 Å². The van der Waals surface area contributed by atoms with Crippen LogP contribution in [0.2, 0.25) is 0 Å². The molecular weight excluding hydrogens is 286 g/mol. The van der Waals surface area contributed by atoms with Crippen molar-refractivity contribution in [3.63, 3.8) is 0 Å². The summed E-state index contributed by atoms with van der Waals surface area (Å²) in [6.07, 6.45) is 0. The van der Waals surface area contributed by atoms with E-state index in [-0.39, 0.29) is 11.6 Å². The molecule has 0 aliphatic rings. The van der Waals surface area contributed by atoms with Crippen molar-refractivity contribution in [1.82, 2.24) is 10.2 Å². The molecule has 0 unspecified atom stereocenters. The van der Waals surface area contributed by atoms with Gasteiger partial charge in [-0.15, -0.1) is 10.2 Å². The van der Waals surface area contributed by atoms with E-state index in [0.29, 0.717) is 29.7 Å². The van der Waals surface area contributed by atoms with Gasteiger partial charge in [0, 0.05) is 17.8 Å². The number of carbonyl (C=O) groups excluding carboxylic acids is 1. The maximum atomic E-state index is 12.1. The fraction of sp³-hybridized carbons (Fsp3) is 0.267. The maximum absolute atomic E-state index is 12.1. The van der Waals surface area contributed by atoms with Crippen LogP contribution < -0.4 is 19.5 Å². The second-order valence-corrected chi connectivity index (χ2v) is 4.21. The van der Waals surface area contributed by atoms with E-state index in [1.54, 1.807) is 37.4 Å². The third-order valence-electron chi connectivity index (χ3n) is 2.81. The molecule has 116 valence electrons. The van der Waals surface area contributed by atoms with Crippen molar-refractivity contribution in [2.45, 2.75) is 6.92 Å². The number of nitrogens with zero attached hydrogens (tertiary/aromatic N) is 2. The second-order valence-electron chi connectivity index (χ2n) is 4.21. The lowest BCUT2D eigenvalue weighted by atomic mass is 10.2. The van der Waals surface area contributed by atoms with E-state index in [1.807, 2.05) is 6.92 Å². The van der Waals surface area contributed by atoms with Crippen LogP contribution >= 0.6 is 0 Å². The van der Waals surface area contributed by atoms with Crippen LogP contribution in [0.25, 0.3) is 0 Å². The molecule has 7 nitrogen and oxygen atoms in total. The standard InChI is InChI=1S/C15H17N3O4/c1-4-22-14-8-6-11(17-18-14)15(19)16-10-5-7-12(20-2)13(9-10)21-3/h5-9H,4H2,1-3H3,(H,16,19). The third-order valence-corrected chi connectivity index (χ3v) is 2.81.